The summed E-state index contributed by atoms with van der Waals surface area (Å²) in [5.74, 6) is 0.621. The molecule has 0 aromatic carbocycles. The summed E-state index contributed by atoms with van der Waals surface area (Å²) >= 11 is 1.56. The van der Waals surface area contributed by atoms with Crippen LogP contribution in [0.2, 0.25) is 0 Å². The smallest absolute Gasteiger partial charge is 0.261 e. The molecule has 8 nitrogen and oxygen atoms in total. The van der Waals surface area contributed by atoms with Crippen molar-refractivity contribution in [3.63, 3.8) is 0 Å². The van der Waals surface area contributed by atoms with E-state index in [2.05, 4.69) is 25.8 Å². The second-order valence-corrected chi connectivity index (χ2v) is 8.34. The predicted octanol–water partition coefficient (Wildman–Crippen LogP) is 2.27. The number of aromatic nitrogens is 3. The number of amides is 1. The van der Waals surface area contributed by atoms with Gasteiger partial charge in [-0.05, 0) is 49.7 Å². The summed E-state index contributed by atoms with van der Waals surface area (Å²) in [5, 5.41) is 10.2. The van der Waals surface area contributed by atoms with Crippen molar-refractivity contribution in [2.24, 2.45) is 0 Å². The average Bonchev–Trinajstić information content (AvgIpc) is 3.42. The second kappa shape index (κ2) is 7.66. The standard InChI is InChI=1S/C20H21N5O3S/c26-19(23-12-17-24-18(25-28-17)14-3-1-2-7-22-14)16-11-13-15(29-16)4-10-27-20(13)5-8-21-9-6-20/h1-3,7,11,21H,4-6,8-10,12H2,(H,23,26). The highest BCUT2D eigenvalue weighted by Gasteiger charge is 2.40. The minimum Gasteiger partial charge on any atom is -0.370 e. The van der Waals surface area contributed by atoms with E-state index >= 15 is 0 Å². The minimum atomic E-state index is -0.238. The maximum absolute atomic E-state index is 12.7. The van der Waals surface area contributed by atoms with E-state index < -0.39 is 0 Å². The zero-order chi connectivity index (χ0) is 19.7. The Balaban J connectivity index is 1.28. The van der Waals surface area contributed by atoms with Crippen LogP contribution in [0.25, 0.3) is 11.5 Å². The number of ether oxygens (including phenoxy) is 1. The number of piperidine rings is 1. The van der Waals surface area contributed by atoms with Crippen LogP contribution >= 0.6 is 11.3 Å². The zero-order valence-corrected chi connectivity index (χ0v) is 16.6. The van der Waals surface area contributed by atoms with Crippen molar-refractivity contribution < 1.29 is 14.1 Å². The molecule has 150 valence electrons. The fraction of sp³-hybridized carbons (Fsp3) is 0.400. The topological polar surface area (TPSA) is 102 Å². The molecule has 1 fully saturated rings. The van der Waals surface area contributed by atoms with Gasteiger partial charge < -0.3 is 19.9 Å². The molecular weight excluding hydrogens is 390 g/mol. The molecule has 0 radical (unpaired) electrons. The number of pyridine rings is 1. The van der Waals surface area contributed by atoms with Gasteiger partial charge >= 0.3 is 0 Å². The monoisotopic (exact) mass is 411 g/mol. The third-order valence-corrected chi connectivity index (χ3v) is 6.60. The maximum Gasteiger partial charge on any atom is 0.261 e. The number of hydrogen-bond donors (Lipinski definition) is 2. The molecule has 9 heteroatoms. The first-order valence-corrected chi connectivity index (χ1v) is 10.6. The van der Waals surface area contributed by atoms with Crippen LogP contribution in [0.4, 0.5) is 0 Å². The Kier molecular flexibility index (Phi) is 4.86. The lowest BCUT2D eigenvalue weighted by molar-refractivity contribution is -0.0792. The SMILES string of the molecule is O=C(NCc1nc(-c2ccccn2)no1)c1cc2c(s1)CCOC21CCNCC1. The van der Waals surface area contributed by atoms with E-state index in [1.807, 2.05) is 24.3 Å². The van der Waals surface area contributed by atoms with Crippen LogP contribution in [0.5, 0.6) is 0 Å². The lowest BCUT2D eigenvalue weighted by Gasteiger charge is -2.40. The third kappa shape index (κ3) is 3.57. The van der Waals surface area contributed by atoms with Gasteiger partial charge in [0, 0.05) is 17.5 Å². The number of nitrogens with one attached hydrogen (secondary N) is 2. The Hall–Kier alpha value is -2.62. The third-order valence-electron chi connectivity index (χ3n) is 5.40. The second-order valence-electron chi connectivity index (χ2n) is 7.20. The van der Waals surface area contributed by atoms with Gasteiger partial charge in [-0.1, -0.05) is 11.2 Å². The van der Waals surface area contributed by atoms with Gasteiger partial charge in [-0.2, -0.15) is 4.98 Å². The van der Waals surface area contributed by atoms with E-state index in [0.29, 0.717) is 28.9 Å². The van der Waals surface area contributed by atoms with Crippen molar-refractivity contribution in [2.75, 3.05) is 19.7 Å². The molecule has 3 aromatic heterocycles. The van der Waals surface area contributed by atoms with E-state index in [0.717, 1.165) is 32.4 Å². The van der Waals surface area contributed by atoms with Crippen LogP contribution in [-0.2, 0) is 23.3 Å². The molecule has 29 heavy (non-hydrogen) atoms. The fourth-order valence-corrected chi connectivity index (χ4v) is 5.09. The lowest BCUT2D eigenvalue weighted by Crippen LogP contribution is -2.44. The first-order chi connectivity index (χ1) is 14.2. The number of carbonyl (C=O) groups excluding carboxylic acids is 1. The van der Waals surface area contributed by atoms with Gasteiger partial charge in [0.2, 0.25) is 11.7 Å². The largest absolute Gasteiger partial charge is 0.370 e. The highest BCUT2D eigenvalue weighted by atomic mass is 32.1. The van der Waals surface area contributed by atoms with Crippen molar-refractivity contribution in [1.82, 2.24) is 25.8 Å². The van der Waals surface area contributed by atoms with Crippen LogP contribution in [0.3, 0.4) is 0 Å². The molecule has 0 bridgehead atoms. The average molecular weight is 411 g/mol. The summed E-state index contributed by atoms with van der Waals surface area (Å²) in [6, 6.07) is 7.50. The molecule has 3 aromatic rings. The molecule has 5 rings (SSSR count). The molecular formula is C20H21N5O3S. The number of carbonyl (C=O) groups is 1. The van der Waals surface area contributed by atoms with Crippen molar-refractivity contribution in [2.45, 2.75) is 31.4 Å². The zero-order valence-electron chi connectivity index (χ0n) is 15.8. The van der Waals surface area contributed by atoms with Gasteiger partial charge in [0.15, 0.2) is 0 Å². The lowest BCUT2D eigenvalue weighted by atomic mass is 9.83. The molecule has 0 aliphatic carbocycles. The van der Waals surface area contributed by atoms with E-state index in [-0.39, 0.29) is 18.1 Å². The van der Waals surface area contributed by atoms with Crippen LogP contribution in [0, 0.1) is 0 Å². The van der Waals surface area contributed by atoms with Gasteiger partial charge in [-0.15, -0.1) is 11.3 Å². The number of fused-ring (bicyclic) bond motifs is 2. The molecule has 5 heterocycles. The molecule has 1 saturated heterocycles. The van der Waals surface area contributed by atoms with Gasteiger partial charge in [0.25, 0.3) is 5.91 Å². The van der Waals surface area contributed by atoms with Crippen LogP contribution < -0.4 is 10.6 Å². The number of thiophene rings is 1. The molecule has 2 N–H and O–H groups in total. The minimum absolute atomic E-state index is 0.133. The summed E-state index contributed by atoms with van der Waals surface area (Å²) in [6.45, 7) is 2.76. The summed E-state index contributed by atoms with van der Waals surface area (Å²) in [4.78, 5) is 23.2. The van der Waals surface area contributed by atoms with Crippen LogP contribution in [-0.4, -0.2) is 40.7 Å². The summed E-state index contributed by atoms with van der Waals surface area (Å²) in [7, 11) is 0. The van der Waals surface area contributed by atoms with Crippen LogP contribution in [0.1, 0.15) is 38.8 Å². The predicted molar refractivity (Wildman–Crippen MR) is 106 cm³/mol. The van der Waals surface area contributed by atoms with Gasteiger partial charge in [0.05, 0.1) is 23.6 Å². The highest BCUT2D eigenvalue weighted by Crippen LogP contribution is 2.43. The molecule has 0 unspecified atom stereocenters. The maximum atomic E-state index is 12.7. The molecule has 2 aliphatic rings. The van der Waals surface area contributed by atoms with Crippen LogP contribution in [0.15, 0.2) is 35.0 Å². The molecule has 1 spiro atoms. The molecule has 0 atom stereocenters. The van der Waals surface area contributed by atoms with E-state index in [1.54, 1.807) is 17.5 Å². The molecule has 1 amide bonds. The summed E-state index contributed by atoms with van der Waals surface area (Å²) in [6.07, 6.45) is 4.41. The Bertz CT molecular complexity index is 1010. The Labute approximate surface area is 171 Å². The van der Waals surface area contributed by atoms with Crippen molar-refractivity contribution >= 4 is 17.2 Å². The summed E-state index contributed by atoms with van der Waals surface area (Å²) in [5.41, 5.74) is 1.58. The van der Waals surface area contributed by atoms with Gasteiger partial charge in [-0.25, -0.2) is 0 Å². The highest BCUT2D eigenvalue weighted by molar-refractivity contribution is 7.14. The molecule has 2 aliphatic heterocycles. The normalized spacial score (nSPS) is 17.8. The van der Waals surface area contributed by atoms with Crippen molar-refractivity contribution in [3.05, 3.63) is 51.7 Å². The van der Waals surface area contributed by atoms with E-state index in [1.165, 1.54) is 10.4 Å². The first kappa shape index (κ1) is 18.4. The van der Waals surface area contributed by atoms with E-state index in [4.69, 9.17) is 9.26 Å². The molecule has 0 saturated carbocycles. The first-order valence-electron chi connectivity index (χ1n) is 9.74. The van der Waals surface area contributed by atoms with E-state index in [9.17, 15) is 4.79 Å². The number of hydrogen-bond acceptors (Lipinski definition) is 8. The number of rotatable bonds is 4. The fourth-order valence-electron chi connectivity index (χ4n) is 3.94. The van der Waals surface area contributed by atoms with Gasteiger partial charge in [0.1, 0.15) is 5.69 Å². The Morgan fingerprint density at radius 1 is 1.31 bits per heavy atom. The Morgan fingerprint density at radius 3 is 3.03 bits per heavy atom. The van der Waals surface area contributed by atoms with Crippen molar-refractivity contribution in [1.29, 1.82) is 0 Å². The quantitative estimate of drug-likeness (QED) is 0.679. The summed E-state index contributed by atoms with van der Waals surface area (Å²) < 4.78 is 11.4. The number of nitrogens with zero attached hydrogens (tertiary/aromatic N) is 3. The Morgan fingerprint density at radius 2 is 2.21 bits per heavy atom. The van der Waals surface area contributed by atoms with Gasteiger partial charge in [-0.3, -0.25) is 9.78 Å². The van der Waals surface area contributed by atoms with Crippen molar-refractivity contribution in [3.8, 4) is 11.5 Å².